The zero-order valence-electron chi connectivity index (χ0n) is 9.91. The summed E-state index contributed by atoms with van der Waals surface area (Å²) < 4.78 is 27.6. The van der Waals surface area contributed by atoms with Gasteiger partial charge in [0.25, 0.3) is 5.70 Å². The smallest absolute Gasteiger partial charge is 0.318 e. The topological polar surface area (TPSA) is 93.0 Å². The lowest BCUT2D eigenvalue weighted by molar-refractivity contribution is -0.431. The standard InChI is InChI=1S/C8H15N3O5S/c1-4-10-5-7(11(12)13)8(9(2)6-10)17(14,15)16-3/h4-6H2,1-3H3. The second-order valence-corrected chi connectivity index (χ2v) is 5.24. The predicted molar refractivity (Wildman–Crippen MR) is 59.8 cm³/mol. The molecule has 1 aliphatic heterocycles. The van der Waals surface area contributed by atoms with Crippen molar-refractivity contribution in [2.24, 2.45) is 0 Å². The highest BCUT2D eigenvalue weighted by atomic mass is 32.2. The van der Waals surface area contributed by atoms with Gasteiger partial charge in [-0.15, -0.1) is 0 Å². The monoisotopic (exact) mass is 265 g/mol. The maximum Gasteiger partial charge on any atom is 0.318 e. The van der Waals surface area contributed by atoms with Crippen molar-refractivity contribution in [3.63, 3.8) is 0 Å². The number of nitro groups is 1. The van der Waals surface area contributed by atoms with Crippen LogP contribution in [0.1, 0.15) is 6.92 Å². The molecule has 0 aliphatic carbocycles. The number of rotatable bonds is 4. The third kappa shape index (κ3) is 2.73. The Labute approximate surface area is 99.7 Å². The second kappa shape index (κ2) is 4.98. The van der Waals surface area contributed by atoms with Gasteiger partial charge in [0.2, 0.25) is 5.03 Å². The molecule has 0 saturated carbocycles. The largest absolute Gasteiger partial charge is 0.345 e. The van der Waals surface area contributed by atoms with E-state index in [2.05, 4.69) is 4.18 Å². The van der Waals surface area contributed by atoms with Gasteiger partial charge in [0.1, 0.15) is 0 Å². The van der Waals surface area contributed by atoms with E-state index in [0.717, 1.165) is 7.11 Å². The number of likely N-dealkylation sites (N-methyl/N-ethyl adjacent to an activating group) is 1. The first-order valence-corrected chi connectivity index (χ1v) is 6.36. The van der Waals surface area contributed by atoms with Crippen LogP contribution in [0.25, 0.3) is 0 Å². The molecular weight excluding hydrogens is 250 g/mol. The Bertz CT molecular complexity index is 444. The highest BCUT2D eigenvalue weighted by Crippen LogP contribution is 2.23. The highest BCUT2D eigenvalue weighted by Gasteiger charge is 2.38. The van der Waals surface area contributed by atoms with Crippen molar-refractivity contribution in [1.29, 1.82) is 0 Å². The maximum atomic E-state index is 11.6. The fourth-order valence-electron chi connectivity index (χ4n) is 1.68. The van der Waals surface area contributed by atoms with E-state index in [9.17, 15) is 18.5 Å². The van der Waals surface area contributed by atoms with E-state index in [1.807, 2.05) is 6.92 Å². The summed E-state index contributed by atoms with van der Waals surface area (Å²) >= 11 is 0. The van der Waals surface area contributed by atoms with Crippen LogP contribution in [0, 0.1) is 10.1 Å². The summed E-state index contributed by atoms with van der Waals surface area (Å²) in [6, 6.07) is 0. The van der Waals surface area contributed by atoms with Gasteiger partial charge in [-0.3, -0.25) is 19.2 Å². The Morgan fingerprint density at radius 3 is 2.53 bits per heavy atom. The van der Waals surface area contributed by atoms with Gasteiger partial charge in [-0.2, -0.15) is 8.42 Å². The summed E-state index contributed by atoms with van der Waals surface area (Å²) in [6.07, 6.45) is 0. The van der Waals surface area contributed by atoms with Crippen LogP contribution in [0.4, 0.5) is 0 Å². The van der Waals surface area contributed by atoms with Crippen LogP contribution in [0.3, 0.4) is 0 Å². The summed E-state index contributed by atoms with van der Waals surface area (Å²) in [4.78, 5) is 13.3. The minimum Gasteiger partial charge on any atom is -0.345 e. The Morgan fingerprint density at radius 1 is 1.53 bits per heavy atom. The molecule has 0 spiro atoms. The van der Waals surface area contributed by atoms with E-state index in [1.54, 1.807) is 4.90 Å². The van der Waals surface area contributed by atoms with Gasteiger partial charge in [-0.1, -0.05) is 6.92 Å². The van der Waals surface area contributed by atoms with Crippen molar-refractivity contribution in [1.82, 2.24) is 9.80 Å². The Morgan fingerprint density at radius 2 is 2.12 bits per heavy atom. The summed E-state index contributed by atoms with van der Waals surface area (Å²) in [5.41, 5.74) is -0.359. The van der Waals surface area contributed by atoms with Crippen molar-refractivity contribution in [2.75, 3.05) is 33.9 Å². The van der Waals surface area contributed by atoms with Crippen LogP contribution in [-0.2, 0) is 14.3 Å². The number of nitrogens with zero attached hydrogens (tertiary/aromatic N) is 3. The minimum absolute atomic E-state index is 0.00817. The summed E-state index contributed by atoms with van der Waals surface area (Å²) in [5.74, 6) is 0. The molecular formula is C8H15N3O5S. The molecule has 9 heteroatoms. The summed E-state index contributed by atoms with van der Waals surface area (Å²) in [6.45, 7) is 2.75. The van der Waals surface area contributed by atoms with E-state index >= 15 is 0 Å². The minimum atomic E-state index is -4.06. The quantitative estimate of drug-likeness (QED) is 0.389. The van der Waals surface area contributed by atoms with Gasteiger partial charge < -0.3 is 4.90 Å². The molecule has 1 heterocycles. The molecule has 8 nitrogen and oxygen atoms in total. The molecule has 0 unspecified atom stereocenters. The lowest BCUT2D eigenvalue weighted by atomic mass is 10.3. The molecule has 1 aliphatic rings. The molecule has 0 atom stereocenters. The van der Waals surface area contributed by atoms with Gasteiger partial charge in [0.15, 0.2) is 0 Å². The lowest BCUT2D eigenvalue weighted by Gasteiger charge is -2.32. The lowest BCUT2D eigenvalue weighted by Crippen LogP contribution is -2.45. The number of hydrogen-bond acceptors (Lipinski definition) is 7. The maximum absolute atomic E-state index is 11.6. The number of hydrogen-bond donors (Lipinski definition) is 0. The van der Waals surface area contributed by atoms with Gasteiger partial charge in [-0.25, -0.2) is 0 Å². The van der Waals surface area contributed by atoms with Gasteiger partial charge >= 0.3 is 10.1 Å². The molecule has 0 aromatic carbocycles. The molecule has 0 bridgehead atoms. The van der Waals surface area contributed by atoms with E-state index in [4.69, 9.17) is 0 Å². The Kier molecular flexibility index (Phi) is 4.07. The van der Waals surface area contributed by atoms with Gasteiger partial charge in [0, 0.05) is 7.05 Å². The van der Waals surface area contributed by atoms with Crippen LogP contribution >= 0.6 is 0 Å². The first-order chi connectivity index (χ1) is 7.83. The molecule has 17 heavy (non-hydrogen) atoms. The van der Waals surface area contributed by atoms with Gasteiger partial charge in [0.05, 0.1) is 25.2 Å². The van der Waals surface area contributed by atoms with E-state index in [1.165, 1.54) is 11.9 Å². The van der Waals surface area contributed by atoms with Crippen LogP contribution in [0.2, 0.25) is 0 Å². The van der Waals surface area contributed by atoms with Gasteiger partial charge in [-0.05, 0) is 6.54 Å². The zero-order valence-corrected chi connectivity index (χ0v) is 10.7. The Balaban J connectivity index is 3.31. The predicted octanol–water partition coefficient (Wildman–Crippen LogP) is -0.367. The van der Waals surface area contributed by atoms with Crippen LogP contribution in [0.15, 0.2) is 10.7 Å². The molecule has 98 valence electrons. The third-order valence-electron chi connectivity index (χ3n) is 2.50. The molecule has 0 saturated heterocycles. The first kappa shape index (κ1) is 13.9. The van der Waals surface area contributed by atoms with E-state index < -0.39 is 15.0 Å². The average Bonchev–Trinajstić information content (AvgIpc) is 2.27. The molecule has 1 rings (SSSR count). The normalized spacial score (nSPS) is 18.6. The first-order valence-electron chi connectivity index (χ1n) is 4.95. The van der Waals surface area contributed by atoms with Crippen molar-refractivity contribution in [3.8, 4) is 0 Å². The van der Waals surface area contributed by atoms with Crippen molar-refractivity contribution in [2.45, 2.75) is 6.92 Å². The SMILES string of the molecule is CCN1CC([N+](=O)[O-])=C(S(=O)(=O)OC)N(C)C1. The fourth-order valence-corrected chi connectivity index (χ4v) is 2.70. The summed E-state index contributed by atoms with van der Waals surface area (Å²) in [7, 11) is -1.59. The van der Waals surface area contributed by atoms with Crippen LogP contribution < -0.4 is 0 Å². The fraction of sp³-hybridized carbons (Fsp3) is 0.750. The second-order valence-electron chi connectivity index (χ2n) is 3.61. The molecule has 0 fully saturated rings. The molecule has 0 aromatic rings. The molecule has 0 amide bonds. The average molecular weight is 265 g/mol. The van der Waals surface area contributed by atoms with Crippen LogP contribution in [0.5, 0.6) is 0 Å². The molecule has 0 radical (unpaired) electrons. The highest BCUT2D eigenvalue weighted by molar-refractivity contribution is 7.90. The Hall–Kier alpha value is -1.19. The molecule has 0 N–H and O–H groups in total. The van der Waals surface area contributed by atoms with E-state index in [-0.39, 0.29) is 17.3 Å². The summed E-state index contributed by atoms with van der Waals surface area (Å²) in [5, 5.41) is 10.5. The van der Waals surface area contributed by atoms with Crippen LogP contribution in [-0.4, -0.2) is 57.1 Å². The third-order valence-corrected chi connectivity index (χ3v) is 3.96. The van der Waals surface area contributed by atoms with Crippen molar-refractivity contribution < 1.29 is 17.5 Å². The van der Waals surface area contributed by atoms with Crippen molar-refractivity contribution >= 4 is 10.1 Å². The van der Waals surface area contributed by atoms with Crippen molar-refractivity contribution in [3.05, 3.63) is 20.8 Å². The zero-order chi connectivity index (χ0) is 13.2. The molecule has 0 aromatic heterocycles. The van der Waals surface area contributed by atoms with E-state index in [0.29, 0.717) is 13.2 Å².